The number of hydrogen-bond acceptors (Lipinski definition) is 4. The summed E-state index contributed by atoms with van der Waals surface area (Å²) in [4.78, 5) is 25.8. The SMILES string of the molecule is Cc1ccccc1C(CC(=O)NCCN1CCNCC1)NC(N)=O.Cl. The topological polar surface area (TPSA) is 99.5 Å². The Morgan fingerprint density at radius 3 is 2.60 bits per heavy atom. The summed E-state index contributed by atoms with van der Waals surface area (Å²) in [6.45, 7) is 7.39. The van der Waals surface area contributed by atoms with Crippen LogP contribution >= 0.6 is 12.4 Å². The monoisotopic (exact) mass is 369 g/mol. The lowest BCUT2D eigenvalue weighted by atomic mass is 9.98. The number of carbonyl (C=O) groups is 2. The molecule has 140 valence electrons. The molecule has 0 radical (unpaired) electrons. The molecule has 1 aromatic rings. The number of aryl methyl sites for hydroxylation is 1. The average molecular weight is 370 g/mol. The van der Waals surface area contributed by atoms with E-state index in [1.807, 2.05) is 31.2 Å². The normalized spacial score (nSPS) is 15.7. The first kappa shape index (κ1) is 21.2. The number of nitrogens with two attached hydrogens (primary N) is 1. The van der Waals surface area contributed by atoms with Crippen LogP contribution in [0.2, 0.25) is 0 Å². The van der Waals surface area contributed by atoms with E-state index >= 15 is 0 Å². The number of piperazine rings is 1. The number of amides is 3. The minimum absolute atomic E-state index is 0. The quantitative estimate of drug-likeness (QED) is 0.563. The van der Waals surface area contributed by atoms with E-state index in [1.54, 1.807) is 0 Å². The number of hydrogen-bond donors (Lipinski definition) is 4. The van der Waals surface area contributed by atoms with Gasteiger partial charge in [-0.05, 0) is 18.1 Å². The molecule has 1 aliphatic heterocycles. The third-order valence-electron chi connectivity index (χ3n) is 4.23. The Kier molecular flexibility index (Phi) is 9.26. The van der Waals surface area contributed by atoms with Gasteiger partial charge in [0.15, 0.2) is 0 Å². The predicted octanol–water partition coefficient (Wildman–Crippen LogP) is 0.538. The fourth-order valence-electron chi connectivity index (χ4n) is 2.93. The summed E-state index contributed by atoms with van der Waals surface area (Å²) in [6, 6.07) is 6.63. The van der Waals surface area contributed by atoms with Gasteiger partial charge in [-0.15, -0.1) is 12.4 Å². The van der Waals surface area contributed by atoms with E-state index in [0.717, 1.165) is 43.9 Å². The van der Waals surface area contributed by atoms with Crippen LogP contribution in [0.5, 0.6) is 0 Å². The van der Waals surface area contributed by atoms with E-state index in [2.05, 4.69) is 20.9 Å². The van der Waals surface area contributed by atoms with Crippen LogP contribution in [-0.4, -0.2) is 56.1 Å². The second-order valence-corrected chi connectivity index (χ2v) is 6.06. The molecule has 0 aromatic heterocycles. The van der Waals surface area contributed by atoms with Crippen LogP contribution in [0.4, 0.5) is 4.79 Å². The minimum Gasteiger partial charge on any atom is -0.355 e. The maximum atomic E-state index is 12.2. The van der Waals surface area contributed by atoms with Crippen LogP contribution in [0.3, 0.4) is 0 Å². The molecule has 1 aromatic carbocycles. The zero-order valence-corrected chi connectivity index (χ0v) is 15.4. The Morgan fingerprint density at radius 1 is 1.28 bits per heavy atom. The van der Waals surface area contributed by atoms with E-state index in [4.69, 9.17) is 5.73 Å². The fraction of sp³-hybridized carbons (Fsp3) is 0.529. The van der Waals surface area contributed by atoms with Crippen LogP contribution in [-0.2, 0) is 4.79 Å². The molecule has 0 bridgehead atoms. The van der Waals surface area contributed by atoms with Crippen molar-refractivity contribution in [1.29, 1.82) is 0 Å². The highest BCUT2D eigenvalue weighted by molar-refractivity contribution is 5.85. The van der Waals surface area contributed by atoms with Crippen molar-refractivity contribution in [2.24, 2.45) is 5.73 Å². The van der Waals surface area contributed by atoms with Gasteiger partial charge in [-0.3, -0.25) is 9.69 Å². The van der Waals surface area contributed by atoms with Gasteiger partial charge < -0.3 is 21.7 Å². The summed E-state index contributed by atoms with van der Waals surface area (Å²) in [6.07, 6.45) is 0.176. The van der Waals surface area contributed by atoms with Crippen LogP contribution in [0.15, 0.2) is 24.3 Å². The lowest BCUT2D eigenvalue weighted by Gasteiger charge is -2.27. The third kappa shape index (κ3) is 7.29. The Bertz CT molecular complexity index is 564. The summed E-state index contributed by atoms with van der Waals surface area (Å²) in [5.74, 6) is -0.0906. The van der Waals surface area contributed by atoms with Crippen molar-refractivity contribution < 1.29 is 9.59 Å². The molecule has 0 saturated carbocycles. The first-order valence-electron chi connectivity index (χ1n) is 8.37. The van der Waals surface area contributed by atoms with Gasteiger partial charge in [0.2, 0.25) is 5.91 Å². The summed E-state index contributed by atoms with van der Waals surface area (Å²) in [5, 5.41) is 8.90. The molecule has 1 unspecified atom stereocenters. The number of halogens is 1. The number of primary amides is 1. The second kappa shape index (κ2) is 10.9. The summed E-state index contributed by atoms with van der Waals surface area (Å²) in [5.41, 5.74) is 7.19. The molecule has 0 spiro atoms. The van der Waals surface area contributed by atoms with E-state index in [0.29, 0.717) is 6.54 Å². The fourth-order valence-corrected chi connectivity index (χ4v) is 2.93. The zero-order valence-electron chi connectivity index (χ0n) is 14.6. The average Bonchev–Trinajstić information content (AvgIpc) is 2.55. The van der Waals surface area contributed by atoms with Crippen molar-refractivity contribution in [2.75, 3.05) is 39.3 Å². The van der Waals surface area contributed by atoms with Gasteiger partial charge in [0.1, 0.15) is 0 Å². The van der Waals surface area contributed by atoms with E-state index in [-0.39, 0.29) is 24.7 Å². The predicted molar refractivity (Wildman–Crippen MR) is 101 cm³/mol. The standard InChI is InChI=1S/C17H27N5O2.ClH/c1-13-4-2-3-5-14(13)15(21-17(18)24)12-16(23)20-8-11-22-9-6-19-7-10-22;/h2-5,15,19H,6-12H2,1H3,(H,20,23)(H3,18,21,24);1H. The lowest BCUT2D eigenvalue weighted by Crippen LogP contribution is -2.46. The van der Waals surface area contributed by atoms with E-state index in [9.17, 15) is 9.59 Å². The summed E-state index contributed by atoms with van der Waals surface area (Å²) < 4.78 is 0. The zero-order chi connectivity index (χ0) is 17.4. The van der Waals surface area contributed by atoms with E-state index in [1.165, 1.54) is 0 Å². The molecule has 0 aliphatic carbocycles. The molecule has 3 amide bonds. The number of nitrogens with one attached hydrogen (secondary N) is 3. The van der Waals surface area contributed by atoms with Gasteiger partial charge in [-0.1, -0.05) is 24.3 Å². The second-order valence-electron chi connectivity index (χ2n) is 6.06. The van der Waals surface area contributed by atoms with Crippen LogP contribution in [0.25, 0.3) is 0 Å². The maximum absolute atomic E-state index is 12.2. The van der Waals surface area contributed by atoms with Gasteiger partial charge >= 0.3 is 6.03 Å². The highest BCUT2D eigenvalue weighted by Gasteiger charge is 2.19. The van der Waals surface area contributed by atoms with Crippen molar-refractivity contribution in [3.8, 4) is 0 Å². The molecular weight excluding hydrogens is 342 g/mol. The van der Waals surface area contributed by atoms with Crippen molar-refractivity contribution in [1.82, 2.24) is 20.9 Å². The number of urea groups is 1. The number of rotatable bonds is 7. The molecule has 7 nitrogen and oxygen atoms in total. The molecule has 8 heteroatoms. The Labute approximate surface area is 155 Å². The molecule has 1 heterocycles. The molecule has 1 atom stereocenters. The van der Waals surface area contributed by atoms with Gasteiger partial charge in [0.05, 0.1) is 12.5 Å². The largest absolute Gasteiger partial charge is 0.355 e. The van der Waals surface area contributed by atoms with Gasteiger partial charge in [0.25, 0.3) is 0 Å². The van der Waals surface area contributed by atoms with Crippen LogP contribution < -0.4 is 21.7 Å². The van der Waals surface area contributed by atoms with Crippen molar-refractivity contribution in [3.63, 3.8) is 0 Å². The molecule has 1 saturated heterocycles. The number of benzene rings is 1. The molecule has 1 aliphatic rings. The Balaban J connectivity index is 0.00000312. The number of carbonyl (C=O) groups excluding carboxylic acids is 2. The number of nitrogens with zero attached hydrogens (tertiary/aromatic N) is 1. The van der Waals surface area contributed by atoms with Gasteiger partial charge in [0, 0.05) is 39.3 Å². The minimum atomic E-state index is -0.628. The van der Waals surface area contributed by atoms with Gasteiger partial charge in [-0.2, -0.15) is 0 Å². The van der Waals surface area contributed by atoms with Crippen LogP contribution in [0.1, 0.15) is 23.6 Å². The smallest absolute Gasteiger partial charge is 0.312 e. The molecule has 25 heavy (non-hydrogen) atoms. The van der Waals surface area contributed by atoms with Crippen LogP contribution in [0, 0.1) is 6.92 Å². The molecular formula is C17H28ClN5O2. The van der Waals surface area contributed by atoms with Crippen molar-refractivity contribution >= 4 is 24.3 Å². The third-order valence-corrected chi connectivity index (χ3v) is 4.23. The van der Waals surface area contributed by atoms with Crippen molar-refractivity contribution in [2.45, 2.75) is 19.4 Å². The molecule has 2 rings (SSSR count). The lowest BCUT2D eigenvalue weighted by molar-refractivity contribution is -0.121. The highest BCUT2D eigenvalue weighted by Crippen LogP contribution is 2.20. The highest BCUT2D eigenvalue weighted by atomic mass is 35.5. The van der Waals surface area contributed by atoms with Gasteiger partial charge in [-0.25, -0.2) is 4.79 Å². The Hall–Kier alpha value is -1.83. The molecule has 5 N–H and O–H groups in total. The summed E-state index contributed by atoms with van der Waals surface area (Å²) in [7, 11) is 0. The van der Waals surface area contributed by atoms with E-state index < -0.39 is 12.1 Å². The Morgan fingerprint density at radius 2 is 1.96 bits per heavy atom. The summed E-state index contributed by atoms with van der Waals surface area (Å²) >= 11 is 0. The molecule has 1 fully saturated rings. The first-order chi connectivity index (χ1) is 11.6. The first-order valence-corrected chi connectivity index (χ1v) is 8.37. The maximum Gasteiger partial charge on any atom is 0.312 e. The van der Waals surface area contributed by atoms with Crippen molar-refractivity contribution in [3.05, 3.63) is 35.4 Å².